The normalized spacial score (nSPS) is 10.4. The SMILES string of the molecule is O=C(O)C(F)(F)F.O=[N+]([O-])c1ccccc1-n1ccnc1. The Bertz CT molecular complexity index is 626. The molecule has 0 amide bonds. The molecule has 2 rings (SSSR count). The zero-order valence-corrected chi connectivity index (χ0v) is 10.2. The first-order chi connectivity index (χ1) is 9.73. The van der Waals surface area contributed by atoms with Crippen LogP contribution in [0.4, 0.5) is 18.9 Å². The number of nitro benzene ring substituents is 1. The van der Waals surface area contributed by atoms with Crippen molar-refractivity contribution in [1.29, 1.82) is 0 Å². The molecule has 0 aliphatic heterocycles. The average Bonchev–Trinajstić information content (AvgIpc) is 2.92. The second-order valence-corrected chi connectivity index (χ2v) is 3.52. The third kappa shape index (κ3) is 4.60. The number of nitro groups is 1. The summed E-state index contributed by atoms with van der Waals surface area (Å²) in [5.41, 5.74) is 0.598. The highest BCUT2D eigenvalue weighted by molar-refractivity contribution is 5.73. The molecule has 0 atom stereocenters. The number of hydrogen-bond acceptors (Lipinski definition) is 4. The molecule has 1 heterocycles. The van der Waals surface area contributed by atoms with Crippen molar-refractivity contribution < 1.29 is 28.0 Å². The van der Waals surface area contributed by atoms with Crippen molar-refractivity contribution >= 4 is 11.7 Å². The predicted octanol–water partition coefficient (Wildman–Crippen LogP) is 2.41. The number of carboxylic acids is 1. The van der Waals surface area contributed by atoms with Gasteiger partial charge in [-0.05, 0) is 6.07 Å². The van der Waals surface area contributed by atoms with E-state index in [2.05, 4.69) is 4.98 Å². The first kappa shape index (κ1) is 16.1. The Balaban J connectivity index is 0.000000270. The van der Waals surface area contributed by atoms with Gasteiger partial charge in [-0.2, -0.15) is 13.2 Å². The molecule has 7 nitrogen and oxygen atoms in total. The Kier molecular flexibility index (Phi) is 5.00. The van der Waals surface area contributed by atoms with E-state index in [-0.39, 0.29) is 5.69 Å². The lowest BCUT2D eigenvalue weighted by atomic mass is 10.2. The van der Waals surface area contributed by atoms with Gasteiger partial charge in [-0.3, -0.25) is 10.1 Å². The summed E-state index contributed by atoms with van der Waals surface area (Å²) >= 11 is 0. The van der Waals surface area contributed by atoms with Crippen LogP contribution in [0.3, 0.4) is 0 Å². The van der Waals surface area contributed by atoms with Crippen LogP contribution in [0.1, 0.15) is 0 Å². The minimum Gasteiger partial charge on any atom is -0.475 e. The van der Waals surface area contributed by atoms with Gasteiger partial charge in [0.15, 0.2) is 0 Å². The molecule has 0 fully saturated rings. The predicted molar refractivity (Wildman–Crippen MR) is 63.9 cm³/mol. The number of aliphatic carboxylic acids is 1. The number of hydrogen-bond donors (Lipinski definition) is 1. The molecule has 0 unspecified atom stereocenters. The molecule has 1 N–H and O–H groups in total. The fourth-order valence-corrected chi connectivity index (χ4v) is 1.24. The Morgan fingerprint density at radius 2 is 1.90 bits per heavy atom. The molecular formula is C11H8F3N3O4. The molecule has 0 spiro atoms. The molecule has 21 heavy (non-hydrogen) atoms. The van der Waals surface area contributed by atoms with E-state index in [4.69, 9.17) is 9.90 Å². The van der Waals surface area contributed by atoms with E-state index in [1.54, 1.807) is 35.2 Å². The molecule has 0 radical (unpaired) electrons. The van der Waals surface area contributed by atoms with Gasteiger partial charge in [-0.25, -0.2) is 9.78 Å². The number of halogens is 3. The molecule has 2 aromatic rings. The summed E-state index contributed by atoms with van der Waals surface area (Å²) in [6.45, 7) is 0. The number of alkyl halides is 3. The molecule has 0 saturated carbocycles. The first-order valence-corrected chi connectivity index (χ1v) is 5.25. The number of rotatable bonds is 2. The van der Waals surface area contributed by atoms with Gasteiger partial charge in [0.25, 0.3) is 5.69 Å². The number of aromatic nitrogens is 2. The second-order valence-electron chi connectivity index (χ2n) is 3.52. The van der Waals surface area contributed by atoms with Crippen molar-refractivity contribution in [2.75, 3.05) is 0 Å². The lowest BCUT2D eigenvalue weighted by Crippen LogP contribution is -2.21. The van der Waals surface area contributed by atoms with E-state index in [1.807, 2.05) is 0 Å². The van der Waals surface area contributed by atoms with Gasteiger partial charge in [0.05, 0.1) is 11.3 Å². The highest BCUT2D eigenvalue weighted by Gasteiger charge is 2.38. The zero-order chi connectivity index (χ0) is 16.0. The van der Waals surface area contributed by atoms with Crippen LogP contribution in [-0.2, 0) is 4.79 Å². The molecule has 0 bridgehead atoms. The van der Waals surface area contributed by atoms with E-state index in [1.165, 1.54) is 12.4 Å². The number of carboxylic acid groups (broad SMARTS) is 1. The molecule has 1 aromatic heterocycles. The van der Waals surface area contributed by atoms with E-state index in [0.29, 0.717) is 5.69 Å². The standard InChI is InChI=1S/C9H7N3O2.C2HF3O2/c13-12(14)9-4-2-1-3-8(9)11-6-5-10-7-11;3-2(4,5)1(6)7/h1-7H;(H,6,7). The molecule has 0 saturated heterocycles. The van der Waals surface area contributed by atoms with Gasteiger partial charge in [-0.1, -0.05) is 12.1 Å². The van der Waals surface area contributed by atoms with Crippen LogP contribution in [-0.4, -0.2) is 31.7 Å². The molecular weight excluding hydrogens is 295 g/mol. The van der Waals surface area contributed by atoms with Gasteiger partial charge < -0.3 is 9.67 Å². The molecule has 0 aliphatic carbocycles. The Labute approximate surface area is 115 Å². The first-order valence-electron chi connectivity index (χ1n) is 5.25. The van der Waals surface area contributed by atoms with Crippen LogP contribution in [0, 0.1) is 10.1 Å². The summed E-state index contributed by atoms with van der Waals surface area (Å²) < 4.78 is 33.3. The fourth-order valence-electron chi connectivity index (χ4n) is 1.24. The van der Waals surface area contributed by atoms with Crippen molar-refractivity contribution in [3.8, 4) is 5.69 Å². The summed E-state index contributed by atoms with van der Waals surface area (Å²) in [6.07, 6.45) is -0.304. The topological polar surface area (TPSA) is 98.3 Å². The summed E-state index contributed by atoms with van der Waals surface area (Å²) in [4.78, 5) is 23.0. The summed E-state index contributed by atoms with van der Waals surface area (Å²) in [6, 6.07) is 6.54. The molecule has 1 aromatic carbocycles. The van der Waals surface area contributed by atoms with Gasteiger partial charge in [0.2, 0.25) is 0 Å². The maximum Gasteiger partial charge on any atom is 0.490 e. The van der Waals surface area contributed by atoms with Crippen LogP contribution in [0.25, 0.3) is 5.69 Å². The molecule has 0 aliphatic rings. The average molecular weight is 303 g/mol. The van der Waals surface area contributed by atoms with Crippen LogP contribution >= 0.6 is 0 Å². The van der Waals surface area contributed by atoms with Crippen molar-refractivity contribution in [1.82, 2.24) is 9.55 Å². The monoisotopic (exact) mass is 303 g/mol. The van der Waals surface area contributed by atoms with Gasteiger partial charge in [0.1, 0.15) is 5.69 Å². The maximum atomic E-state index is 10.7. The summed E-state index contributed by atoms with van der Waals surface area (Å²) in [5.74, 6) is -2.76. The number of imidazole rings is 1. The van der Waals surface area contributed by atoms with Crippen LogP contribution in [0.2, 0.25) is 0 Å². The lowest BCUT2D eigenvalue weighted by Gasteiger charge is -2.01. The zero-order valence-electron chi connectivity index (χ0n) is 10.2. The third-order valence-corrected chi connectivity index (χ3v) is 2.10. The molecule has 112 valence electrons. The van der Waals surface area contributed by atoms with Crippen LogP contribution in [0.5, 0.6) is 0 Å². The van der Waals surface area contributed by atoms with Crippen LogP contribution < -0.4 is 0 Å². The summed E-state index contributed by atoms with van der Waals surface area (Å²) in [7, 11) is 0. The van der Waals surface area contributed by atoms with E-state index in [9.17, 15) is 23.3 Å². The van der Waals surface area contributed by atoms with E-state index in [0.717, 1.165) is 0 Å². The van der Waals surface area contributed by atoms with Crippen molar-refractivity contribution in [3.63, 3.8) is 0 Å². The maximum absolute atomic E-state index is 10.7. The number of benzene rings is 1. The fraction of sp³-hybridized carbons (Fsp3) is 0.0909. The lowest BCUT2D eigenvalue weighted by molar-refractivity contribution is -0.384. The smallest absolute Gasteiger partial charge is 0.475 e. The van der Waals surface area contributed by atoms with Gasteiger partial charge >= 0.3 is 12.1 Å². The second kappa shape index (κ2) is 6.50. The minimum absolute atomic E-state index is 0.0745. The number of nitrogens with zero attached hydrogens (tertiary/aromatic N) is 3. The van der Waals surface area contributed by atoms with Crippen molar-refractivity contribution in [2.45, 2.75) is 6.18 Å². The van der Waals surface area contributed by atoms with Crippen molar-refractivity contribution in [2.24, 2.45) is 0 Å². The van der Waals surface area contributed by atoms with Crippen LogP contribution in [0.15, 0.2) is 43.0 Å². The largest absolute Gasteiger partial charge is 0.490 e. The Hall–Kier alpha value is -2.91. The highest BCUT2D eigenvalue weighted by atomic mass is 19.4. The van der Waals surface area contributed by atoms with Gasteiger partial charge in [0, 0.05) is 18.5 Å². The summed E-state index contributed by atoms with van der Waals surface area (Å²) in [5, 5.41) is 17.8. The van der Waals surface area contributed by atoms with E-state index >= 15 is 0 Å². The minimum atomic E-state index is -5.08. The quantitative estimate of drug-likeness (QED) is 0.678. The highest BCUT2D eigenvalue weighted by Crippen LogP contribution is 2.21. The van der Waals surface area contributed by atoms with E-state index < -0.39 is 17.1 Å². The van der Waals surface area contributed by atoms with Crippen molar-refractivity contribution in [3.05, 3.63) is 53.1 Å². The Morgan fingerprint density at radius 3 is 2.33 bits per heavy atom. The Morgan fingerprint density at radius 1 is 1.33 bits per heavy atom. The van der Waals surface area contributed by atoms with Gasteiger partial charge in [-0.15, -0.1) is 0 Å². The third-order valence-electron chi connectivity index (χ3n) is 2.10. The molecule has 10 heteroatoms. The number of carbonyl (C=O) groups is 1. The number of para-hydroxylation sites is 2.